The van der Waals surface area contributed by atoms with Crippen molar-refractivity contribution in [3.63, 3.8) is 0 Å². The van der Waals surface area contributed by atoms with Crippen molar-refractivity contribution < 1.29 is 14.6 Å². The summed E-state index contributed by atoms with van der Waals surface area (Å²) >= 11 is 0. The van der Waals surface area contributed by atoms with Crippen LogP contribution in [0.2, 0.25) is 0 Å². The molecule has 0 bridgehead atoms. The molecule has 84 valence electrons. The first-order valence-electron chi connectivity index (χ1n) is 5.15. The summed E-state index contributed by atoms with van der Waals surface area (Å²) in [6, 6.07) is 0.410. The second-order valence-corrected chi connectivity index (χ2v) is 3.60. The minimum atomic E-state index is -0.864. The van der Waals surface area contributed by atoms with Crippen LogP contribution in [0.5, 0.6) is 0 Å². The summed E-state index contributed by atoms with van der Waals surface area (Å²) < 4.78 is 5.23. The molecule has 0 aliphatic carbocycles. The molecule has 14 heavy (non-hydrogen) atoms. The van der Waals surface area contributed by atoms with Gasteiger partial charge in [0.25, 0.3) is 0 Å². The van der Waals surface area contributed by atoms with E-state index in [1.165, 1.54) is 0 Å². The minimum Gasteiger partial charge on any atom is -0.479 e. The quantitative estimate of drug-likeness (QED) is 0.583. The average molecular weight is 203 g/mol. The van der Waals surface area contributed by atoms with Gasteiger partial charge in [0.1, 0.15) is 0 Å². The maximum absolute atomic E-state index is 10.7. The second kappa shape index (κ2) is 7.76. The highest BCUT2D eigenvalue weighted by Crippen LogP contribution is 2.01. The summed E-state index contributed by atoms with van der Waals surface area (Å²) in [5, 5.41) is 11.9. The third kappa shape index (κ3) is 6.86. The first-order chi connectivity index (χ1) is 6.57. The summed E-state index contributed by atoms with van der Waals surface area (Å²) in [6.45, 7) is 7.19. The summed E-state index contributed by atoms with van der Waals surface area (Å²) in [5.74, 6) is -0.864. The number of carboxylic acid groups (broad SMARTS) is 1. The Morgan fingerprint density at radius 3 is 2.57 bits per heavy atom. The number of hydrogen-bond acceptors (Lipinski definition) is 3. The van der Waals surface area contributed by atoms with Crippen LogP contribution in [0.4, 0.5) is 0 Å². The van der Waals surface area contributed by atoms with E-state index in [0.717, 1.165) is 6.42 Å². The van der Waals surface area contributed by atoms with Crippen molar-refractivity contribution in [3.05, 3.63) is 0 Å². The van der Waals surface area contributed by atoms with Crippen molar-refractivity contribution in [2.75, 3.05) is 13.2 Å². The third-order valence-electron chi connectivity index (χ3n) is 1.80. The summed E-state index contributed by atoms with van der Waals surface area (Å²) in [7, 11) is 0. The largest absolute Gasteiger partial charge is 0.479 e. The van der Waals surface area contributed by atoms with Gasteiger partial charge in [0, 0.05) is 12.6 Å². The molecule has 4 heteroatoms. The van der Waals surface area contributed by atoms with Gasteiger partial charge in [-0.1, -0.05) is 27.2 Å². The van der Waals surface area contributed by atoms with Crippen LogP contribution in [0.1, 0.15) is 33.6 Å². The van der Waals surface area contributed by atoms with Crippen molar-refractivity contribution in [2.45, 2.75) is 45.8 Å². The number of aliphatic carboxylic acids is 1. The van der Waals surface area contributed by atoms with Crippen LogP contribution >= 0.6 is 0 Å². The highest BCUT2D eigenvalue weighted by molar-refractivity contribution is 5.72. The van der Waals surface area contributed by atoms with Crippen LogP contribution in [0.25, 0.3) is 0 Å². The number of carboxylic acids is 1. The highest BCUT2D eigenvalue weighted by Gasteiger charge is 2.15. The lowest BCUT2D eigenvalue weighted by atomic mass is 10.2. The van der Waals surface area contributed by atoms with E-state index in [1.54, 1.807) is 0 Å². The number of ether oxygens (including phenoxy) is 1. The topological polar surface area (TPSA) is 58.6 Å². The van der Waals surface area contributed by atoms with E-state index in [1.807, 2.05) is 20.8 Å². The Morgan fingerprint density at radius 2 is 2.14 bits per heavy atom. The zero-order valence-electron chi connectivity index (χ0n) is 9.25. The van der Waals surface area contributed by atoms with Gasteiger partial charge in [-0.05, 0) is 6.42 Å². The van der Waals surface area contributed by atoms with Crippen molar-refractivity contribution in [1.29, 1.82) is 0 Å². The SMILES string of the molecule is CCCC(OCCNC(C)C)C(=O)O. The molecule has 0 fully saturated rings. The smallest absolute Gasteiger partial charge is 0.332 e. The minimum absolute atomic E-state index is 0.410. The average Bonchev–Trinajstić information content (AvgIpc) is 2.09. The lowest BCUT2D eigenvalue weighted by molar-refractivity contribution is -0.150. The van der Waals surface area contributed by atoms with E-state index in [0.29, 0.717) is 25.6 Å². The van der Waals surface area contributed by atoms with Crippen LogP contribution < -0.4 is 5.32 Å². The fourth-order valence-electron chi connectivity index (χ4n) is 1.09. The molecule has 0 spiro atoms. The van der Waals surface area contributed by atoms with E-state index in [-0.39, 0.29) is 0 Å². The van der Waals surface area contributed by atoms with Crippen LogP contribution in [-0.2, 0) is 9.53 Å². The van der Waals surface area contributed by atoms with E-state index in [9.17, 15) is 4.79 Å². The molecule has 1 unspecified atom stereocenters. The molecule has 0 aliphatic heterocycles. The van der Waals surface area contributed by atoms with Gasteiger partial charge < -0.3 is 15.2 Å². The Morgan fingerprint density at radius 1 is 1.50 bits per heavy atom. The summed E-state index contributed by atoms with van der Waals surface area (Å²) in [5.41, 5.74) is 0. The van der Waals surface area contributed by atoms with E-state index in [2.05, 4.69) is 5.32 Å². The van der Waals surface area contributed by atoms with E-state index >= 15 is 0 Å². The van der Waals surface area contributed by atoms with Crippen LogP contribution in [0.3, 0.4) is 0 Å². The molecule has 0 heterocycles. The number of hydrogen-bond donors (Lipinski definition) is 2. The van der Waals surface area contributed by atoms with Crippen molar-refractivity contribution in [3.8, 4) is 0 Å². The molecule has 0 aromatic carbocycles. The van der Waals surface area contributed by atoms with Gasteiger partial charge in [0.05, 0.1) is 6.61 Å². The predicted octanol–water partition coefficient (Wildman–Crippen LogP) is 1.25. The van der Waals surface area contributed by atoms with Gasteiger partial charge >= 0.3 is 5.97 Å². The van der Waals surface area contributed by atoms with Gasteiger partial charge in [0.15, 0.2) is 6.10 Å². The lowest BCUT2D eigenvalue weighted by Gasteiger charge is -2.13. The fraction of sp³-hybridized carbons (Fsp3) is 0.900. The van der Waals surface area contributed by atoms with E-state index in [4.69, 9.17) is 9.84 Å². The third-order valence-corrected chi connectivity index (χ3v) is 1.80. The number of carbonyl (C=O) groups is 1. The van der Waals surface area contributed by atoms with Crippen LogP contribution in [-0.4, -0.2) is 36.4 Å². The molecule has 0 saturated carbocycles. The predicted molar refractivity (Wildman–Crippen MR) is 55.4 cm³/mol. The Bertz CT molecular complexity index is 159. The summed E-state index contributed by atoms with van der Waals surface area (Å²) in [4.78, 5) is 10.7. The zero-order chi connectivity index (χ0) is 11.0. The van der Waals surface area contributed by atoms with Crippen molar-refractivity contribution in [2.24, 2.45) is 0 Å². The Kier molecular flexibility index (Phi) is 7.42. The Labute approximate surface area is 85.6 Å². The van der Waals surface area contributed by atoms with Crippen molar-refractivity contribution >= 4 is 5.97 Å². The molecular formula is C10H21NO3. The van der Waals surface area contributed by atoms with Crippen LogP contribution in [0.15, 0.2) is 0 Å². The molecule has 0 aliphatic rings. The molecule has 0 rings (SSSR count). The standard InChI is InChI=1S/C10H21NO3/c1-4-5-9(10(12)13)14-7-6-11-8(2)3/h8-9,11H,4-7H2,1-3H3,(H,12,13). The monoisotopic (exact) mass is 203 g/mol. The molecule has 0 saturated heterocycles. The normalized spacial score (nSPS) is 13.1. The van der Waals surface area contributed by atoms with Gasteiger partial charge in [0.2, 0.25) is 0 Å². The van der Waals surface area contributed by atoms with Gasteiger partial charge in [-0.2, -0.15) is 0 Å². The first kappa shape index (κ1) is 13.4. The van der Waals surface area contributed by atoms with E-state index < -0.39 is 12.1 Å². The van der Waals surface area contributed by atoms with Crippen LogP contribution in [0, 0.1) is 0 Å². The zero-order valence-corrected chi connectivity index (χ0v) is 9.25. The molecule has 0 aromatic heterocycles. The van der Waals surface area contributed by atoms with Crippen molar-refractivity contribution in [1.82, 2.24) is 5.32 Å². The maximum atomic E-state index is 10.7. The Hall–Kier alpha value is -0.610. The molecule has 2 N–H and O–H groups in total. The maximum Gasteiger partial charge on any atom is 0.332 e. The molecular weight excluding hydrogens is 182 g/mol. The lowest BCUT2D eigenvalue weighted by Crippen LogP contribution is -2.31. The van der Waals surface area contributed by atoms with Gasteiger partial charge in [-0.3, -0.25) is 0 Å². The Balaban J connectivity index is 3.56. The molecule has 0 aromatic rings. The summed E-state index contributed by atoms with van der Waals surface area (Å²) in [6.07, 6.45) is 0.764. The molecule has 0 amide bonds. The molecule has 4 nitrogen and oxygen atoms in total. The number of rotatable bonds is 8. The number of nitrogens with one attached hydrogen (secondary N) is 1. The van der Waals surface area contributed by atoms with Gasteiger partial charge in [-0.25, -0.2) is 4.79 Å². The first-order valence-corrected chi connectivity index (χ1v) is 5.15. The molecule has 1 atom stereocenters. The van der Waals surface area contributed by atoms with Gasteiger partial charge in [-0.15, -0.1) is 0 Å². The highest BCUT2D eigenvalue weighted by atomic mass is 16.5. The fourth-order valence-corrected chi connectivity index (χ4v) is 1.09. The second-order valence-electron chi connectivity index (χ2n) is 3.60. The molecule has 0 radical (unpaired) electrons.